The number of aliphatic hydroxyl groups excluding tert-OH is 1. The lowest BCUT2D eigenvalue weighted by molar-refractivity contribution is 0.0873. The fourth-order valence-corrected chi connectivity index (χ4v) is 2.22. The smallest absolute Gasteiger partial charge is 0.0831 e. The molecule has 2 aliphatic rings. The van der Waals surface area contributed by atoms with Crippen molar-refractivity contribution in [3.05, 3.63) is 0 Å². The molecule has 0 bridgehead atoms. The largest absolute Gasteiger partial charge is 0.390 e. The zero-order valence-electron chi connectivity index (χ0n) is 8.00. The summed E-state index contributed by atoms with van der Waals surface area (Å²) >= 11 is 0. The molecule has 0 aromatic heterocycles. The molecule has 0 aromatic rings. The summed E-state index contributed by atoms with van der Waals surface area (Å²) in [5.74, 6) is 0. The monoisotopic (exact) mass is 185 g/mol. The Kier molecular flexibility index (Phi) is 3.16. The SMILES string of the molecule is O[C@@H]1CNC[C@H]1N1CCCNCC1. The molecule has 2 atom stereocenters. The molecule has 2 saturated heterocycles. The van der Waals surface area contributed by atoms with Crippen molar-refractivity contribution >= 4 is 0 Å². The lowest BCUT2D eigenvalue weighted by Gasteiger charge is -2.28. The molecule has 2 aliphatic heterocycles. The van der Waals surface area contributed by atoms with Crippen LogP contribution in [0, 0.1) is 0 Å². The van der Waals surface area contributed by atoms with Gasteiger partial charge >= 0.3 is 0 Å². The van der Waals surface area contributed by atoms with Gasteiger partial charge in [0.15, 0.2) is 0 Å². The molecule has 0 radical (unpaired) electrons. The molecule has 2 fully saturated rings. The fourth-order valence-electron chi connectivity index (χ4n) is 2.22. The second-order valence-electron chi connectivity index (χ2n) is 3.93. The zero-order chi connectivity index (χ0) is 9.10. The van der Waals surface area contributed by atoms with Crippen LogP contribution in [0.25, 0.3) is 0 Å². The minimum Gasteiger partial charge on any atom is -0.390 e. The number of nitrogens with one attached hydrogen (secondary N) is 2. The molecular weight excluding hydrogens is 166 g/mol. The van der Waals surface area contributed by atoms with Crippen LogP contribution in [0.3, 0.4) is 0 Å². The summed E-state index contributed by atoms with van der Waals surface area (Å²) in [5, 5.41) is 16.3. The van der Waals surface area contributed by atoms with Crippen molar-refractivity contribution < 1.29 is 5.11 Å². The maximum absolute atomic E-state index is 9.71. The summed E-state index contributed by atoms with van der Waals surface area (Å²) in [7, 11) is 0. The van der Waals surface area contributed by atoms with Crippen molar-refractivity contribution in [3.63, 3.8) is 0 Å². The molecule has 0 aliphatic carbocycles. The van der Waals surface area contributed by atoms with Gasteiger partial charge in [0.05, 0.1) is 6.10 Å². The van der Waals surface area contributed by atoms with Crippen LogP contribution in [0.5, 0.6) is 0 Å². The first kappa shape index (κ1) is 9.40. The van der Waals surface area contributed by atoms with E-state index >= 15 is 0 Å². The molecule has 2 heterocycles. The maximum atomic E-state index is 9.71. The van der Waals surface area contributed by atoms with Crippen molar-refractivity contribution in [2.24, 2.45) is 0 Å². The predicted molar refractivity (Wildman–Crippen MR) is 51.7 cm³/mol. The van der Waals surface area contributed by atoms with E-state index in [0.717, 1.165) is 39.3 Å². The van der Waals surface area contributed by atoms with E-state index in [1.807, 2.05) is 0 Å². The standard InChI is InChI=1S/C9H19N3O/c13-9-7-11-6-8(9)12-4-1-2-10-3-5-12/h8-11,13H,1-7H2/t8-,9-/m1/s1. The van der Waals surface area contributed by atoms with Gasteiger partial charge in [-0.05, 0) is 19.5 Å². The highest BCUT2D eigenvalue weighted by atomic mass is 16.3. The van der Waals surface area contributed by atoms with E-state index in [9.17, 15) is 5.11 Å². The third-order valence-electron chi connectivity index (χ3n) is 2.99. The van der Waals surface area contributed by atoms with Gasteiger partial charge in [0.2, 0.25) is 0 Å². The highest BCUT2D eigenvalue weighted by molar-refractivity contribution is 4.89. The van der Waals surface area contributed by atoms with Gasteiger partial charge in [-0.25, -0.2) is 0 Å². The Morgan fingerprint density at radius 2 is 2.00 bits per heavy atom. The first-order valence-electron chi connectivity index (χ1n) is 5.21. The molecule has 0 unspecified atom stereocenters. The van der Waals surface area contributed by atoms with Crippen LogP contribution in [0.1, 0.15) is 6.42 Å². The lowest BCUT2D eigenvalue weighted by atomic mass is 10.2. The van der Waals surface area contributed by atoms with Crippen molar-refractivity contribution in [2.75, 3.05) is 39.3 Å². The molecule has 4 heteroatoms. The summed E-state index contributed by atoms with van der Waals surface area (Å²) in [6.45, 7) is 6.07. The Hall–Kier alpha value is -0.160. The molecule has 76 valence electrons. The van der Waals surface area contributed by atoms with Crippen LogP contribution in [-0.4, -0.2) is 61.4 Å². The second kappa shape index (κ2) is 4.37. The van der Waals surface area contributed by atoms with Gasteiger partial charge in [0.1, 0.15) is 0 Å². The number of hydrogen-bond donors (Lipinski definition) is 3. The Morgan fingerprint density at radius 3 is 2.77 bits per heavy atom. The third-order valence-corrected chi connectivity index (χ3v) is 2.99. The average molecular weight is 185 g/mol. The summed E-state index contributed by atoms with van der Waals surface area (Å²) < 4.78 is 0. The van der Waals surface area contributed by atoms with Crippen molar-refractivity contribution in [1.29, 1.82) is 0 Å². The van der Waals surface area contributed by atoms with Crippen LogP contribution in [-0.2, 0) is 0 Å². The van der Waals surface area contributed by atoms with Gasteiger partial charge in [-0.15, -0.1) is 0 Å². The molecule has 13 heavy (non-hydrogen) atoms. The minimum absolute atomic E-state index is 0.168. The van der Waals surface area contributed by atoms with E-state index < -0.39 is 0 Å². The molecule has 3 N–H and O–H groups in total. The van der Waals surface area contributed by atoms with Gasteiger partial charge in [0, 0.05) is 32.2 Å². The number of β-amino-alcohol motifs (C(OH)–C–C–N with tert-alkyl or cyclic N) is 1. The number of rotatable bonds is 1. The van der Waals surface area contributed by atoms with E-state index in [1.54, 1.807) is 0 Å². The topological polar surface area (TPSA) is 47.5 Å². The molecule has 2 rings (SSSR count). The normalized spacial score (nSPS) is 37.6. The van der Waals surface area contributed by atoms with Crippen LogP contribution in [0.2, 0.25) is 0 Å². The Balaban J connectivity index is 1.89. The Bertz CT molecular complexity index is 157. The van der Waals surface area contributed by atoms with E-state index in [0.29, 0.717) is 6.04 Å². The maximum Gasteiger partial charge on any atom is 0.0831 e. The lowest BCUT2D eigenvalue weighted by Crippen LogP contribution is -2.44. The Morgan fingerprint density at radius 1 is 1.08 bits per heavy atom. The Labute approximate surface area is 79.3 Å². The van der Waals surface area contributed by atoms with Gasteiger partial charge in [-0.1, -0.05) is 0 Å². The average Bonchev–Trinajstić information content (AvgIpc) is 2.43. The van der Waals surface area contributed by atoms with Crippen LogP contribution in [0.4, 0.5) is 0 Å². The predicted octanol–water partition coefficient (Wildman–Crippen LogP) is -1.39. The summed E-state index contributed by atoms with van der Waals surface area (Å²) in [6, 6.07) is 0.347. The molecule has 4 nitrogen and oxygen atoms in total. The number of aliphatic hydroxyl groups is 1. The summed E-state index contributed by atoms with van der Waals surface area (Å²) in [6.07, 6.45) is 1.03. The fraction of sp³-hybridized carbons (Fsp3) is 1.00. The second-order valence-corrected chi connectivity index (χ2v) is 3.93. The third kappa shape index (κ3) is 2.20. The van der Waals surface area contributed by atoms with Gasteiger partial charge in [0.25, 0.3) is 0 Å². The highest BCUT2D eigenvalue weighted by Crippen LogP contribution is 2.10. The molecule has 0 spiro atoms. The number of nitrogens with zero attached hydrogens (tertiary/aromatic N) is 1. The van der Waals surface area contributed by atoms with Crippen molar-refractivity contribution in [2.45, 2.75) is 18.6 Å². The van der Waals surface area contributed by atoms with Crippen LogP contribution < -0.4 is 10.6 Å². The van der Waals surface area contributed by atoms with E-state index in [4.69, 9.17) is 0 Å². The highest BCUT2D eigenvalue weighted by Gasteiger charge is 2.30. The molecular formula is C9H19N3O. The summed E-state index contributed by atoms with van der Waals surface area (Å²) in [4.78, 5) is 2.41. The quantitative estimate of drug-likeness (QED) is 0.471. The minimum atomic E-state index is -0.168. The van der Waals surface area contributed by atoms with Gasteiger partial charge in [-0.2, -0.15) is 0 Å². The molecule has 0 saturated carbocycles. The van der Waals surface area contributed by atoms with Crippen LogP contribution in [0.15, 0.2) is 0 Å². The molecule has 0 amide bonds. The van der Waals surface area contributed by atoms with E-state index in [1.165, 1.54) is 6.42 Å². The first-order valence-corrected chi connectivity index (χ1v) is 5.21. The van der Waals surface area contributed by atoms with Crippen molar-refractivity contribution in [3.8, 4) is 0 Å². The van der Waals surface area contributed by atoms with Crippen molar-refractivity contribution in [1.82, 2.24) is 15.5 Å². The molecule has 0 aromatic carbocycles. The van der Waals surface area contributed by atoms with Gasteiger partial charge in [-0.3, -0.25) is 4.90 Å². The van der Waals surface area contributed by atoms with Gasteiger partial charge < -0.3 is 15.7 Å². The summed E-state index contributed by atoms with van der Waals surface area (Å²) in [5.41, 5.74) is 0. The zero-order valence-corrected chi connectivity index (χ0v) is 8.00. The van der Waals surface area contributed by atoms with E-state index in [2.05, 4.69) is 15.5 Å². The van der Waals surface area contributed by atoms with E-state index in [-0.39, 0.29) is 6.10 Å². The number of hydrogen-bond acceptors (Lipinski definition) is 4. The first-order chi connectivity index (χ1) is 6.38. The van der Waals surface area contributed by atoms with Crippen LogP contribution >= 0.6 is 0 Å².